The fraction of sp³-hybridized carbons (Fsp3) is 0.438. The molecule has 1 heterocycles. The van der Waals surface area contributed by atoms with E-state index >= 15 is 0 Å². The summed E-state index contributed by atoms with van der Waals surface area (Å²) in [4.78, 5) is 37.1. The van der Waals surface area contributed by atoms with Crippen LogP contribution in [0.3, 0.4) is 0 Å². The maximum Gasteiger partial charge on any atom is 0.440 e. The number of alkyl halides is 3. The van der Waals surface area contributed by atoms with Crippen LogP contribution in [0.5, 0.6) is 0 Å². The molecule has 0 spiro atoms. The normalized spacial score (nSPS) is 24.9. The van der Waals surface area contributed by atoms with Crippen LogP contribution in [-0.4, -0.2) is 34.6 Å². The third kappa shape index (κ3) is 2.83. The topological polar surface area (TPSA) is 78.5 Å². The van der Waals surface area contributed by atoms with E-state index < -0.39 is 41.6 Å². The third-order valence-corrected chi connectivity index (χ3v) is 4.41. The lowest BCUT2D eigenvalue weighted by atomic mass is 10.1. The Morgan fingerprint density at radius 1 is 1.28 bits per heavy atom. The van der Waals surface area contributed by atoms with Crippen molar-refractivity contribution < 1.29 is 27.6 Å². The minimum atomic E-state index is -5.17. The van der Waals surface area contributed by atoms with Gasteiger partial charge in [-0.15, -0.1) is 0 Å². The van der Waals surface area contributed by atoms with Gasteiger partial charge in [0, 0.05) is 5.92 Å². The summed E-state index contributed by atoms with van der Waals surface area (Å²) < 4.78 is 40.9. The van der Waals surface area contributed by atoms with Gasteiger partial charge in [0.05, 0.1) is 6.04 Å². The molecule has 3 rings (SSSR count). The van der Waals surface area contributed by atoms with Gasteiger partial charge in [0.2, 0.25) is 5.91 Å². The molecule has 1 aliphatic carbocycles. The van der Waals surface area contributed by atoms with Crippen LogP contribution in [0.1, 0.15) is 31.4 Å². The van der Waals surface area contributed by atoms with Gasteiger partial charge in [0.1, 0.15) is 0 Å². The van der Waals surface area contributed by atoms with Gasteiger partial charge in [0.25, 0.3) is 11.6 Å². The Bertz CT molecular complexity index is 718. The average molecular weight is 355 g/mol. The predicted octanol–water partition coefficient (Wildman–Crippen LogP) is 2.08. The Balaban J connectivity index is 1.94. The highest BCUT2D eigenvalue weighted by atomic mass is 19.4. The molecule has 0 aromatic heterocycles. The molecule has 0 radical (unpaired) electrons. The first kappa shape index (κ1) is 17.2. The molecular weight excluding hydrogens is 339 g/mol. The molecular formula is C16H16F3N3O3. The van der Waals surface area contributed by atoms with E-state index in [1.807, 2.05) is 0 Å². The molecule has 0 bridgehead atoms. The number of nitrogens with one attached hydrogen (secondary N) is 2. The van der Waals surface area contributed by atoms with Gasteiger partial charge in [-0.05, 0) is 25.3 Å². The predicted molar refractivity (Wildman–Crippen MR) is 79.9 cm³/mol. The molecule has 6 nitrogen and oxygen atoms in total. The Morgan fingerprint density at radius 2 is 1.88 bits per heavy atom. The fourth-order valence-electron chi connectivity index (χ4n) is 2.76. The van der Waals surface area contributed by atoms with E-state index in [9.17, 15) is 27.6 Å². The summed E-state index contributed by atoms with van der Waals surface area (Å²) in [5.74, 6) is -2.97. The molecule has 2 atom stereocenters. The molecule has 2 unspecified atom stereocenters. The molecule has 1 saturated carbocycles. The minimum Gasteiger partial charge on any atom is -0.318 e. The van der Waals surface area contributed by atoms with Crippen molar-refractivity contribution in [2.75, 3.05) is 0 Å². The van der Waals surface area contributed by atoms with Crippen LogP contribution < -0.4 is 10.6 Å². The van der Waals surface area contributed by atoms with Gasteiger partial charge in [0.15, 0.2) is 0 Å². The number of nitrogens with zero attached hydrogens (tertiary/aromatic N) is 1. The number of hydrogen-bond donors (Lipinski definition) is 2. The highest BCUT2D eigenvalue weighted by molar-refractivity contribution is 6.09. The fourth-order valence-corrected chi connectivity index (χ4v) is 2.76. The smallest absolute Gasteiger partial charge is 0.318 e. The molecule has 1 saturated heterocycles. The van der Waals surface area contributed by atoms with Gasteiger partial charge in [-0.25, -0.2) is 4.79 Å². The molecule has 9 heteroatoms. The van der Waals surface area contributed by atoms with Crippen LogP contribution in [0.25, 0.3) is 0 Å². The van der Waals surface area contributed by atoms with E-state index in [1.54, 1.807) is 41.0 Å². The molecule has 134 valence electrons. The summed E-state index contributed by atoms with van der Waals surface area (Å²) in [6.07, 6.45) is -4.24. The third-order valence-electron chi connectivity index (χ3n) is 4.41. The summed E-state index contributed by atoms with van der Waals surface area (Å²) in [5, 5.41) is 3.38. The number of carbonyl (C=O) groups excluding carboxylic acids is 3. The van der Waals surface area contributed by atoms with Crippen molar-refractivity contribution in [3.63, 3.8) is 0 Å². The van der Waals surface area contributed by atoms with Crippen LogP contribution in [-0.2, 0) is 9.59 Å². The van der Waals surface area contributed by atoms with Crippen molar-refractivity contribution >= 4 is 17.8 Å². The van der Waals surface area contributed by atoms with Crippen LogP contribution in [0, 0.1) is 5.92 Å². The van der Waals surface area contributed by atoms with Crippen molar-refractivity contribution in [2.24, 2.45) is 5.92 Å². The van der Waals surface area contributed by atoms with Crippen molar-refractivity contribution in [3.05, 3.63) is 35.9 Å². The monoisotopic (exact) mass is 355 g/mol. The van der Waals surface area contributed by atoms with Gasteiger partial charge in [-0.3, -0.25) is 19.8 Å². The van der Waals surface area contributed by atoms with Crippen LogP contribution >= 0.6 is 0 Å². The van der Waals surface area contributed by atoms with Crippen LogP contribution in [0.15, 0.2) is 30.3 Å². The number of amides is 4. The molecule has 4 amide bonds. The zero-order valence-electron chi connectivity index (χ0n) is 13.3. The van der Waals surface area contributed by atoms with Gasteiger partial charge in [-0.2, -0.15) is 13.2 Å². The molecule has 1 aromatic rings. The quantitative estimate of drug-likeness (QED) is 0.812. The number of urea groups is 1. The van der Waals surface area contributed by atoms with E-state index in [0.717, 1.165) is 0 Å². The molecule has 2 fully saturated rings. The van der Waals surface area contributed by atoms with E-state index in [-0.39, 0.29) is 0 Å². The summed E-state index contributed by atoms with van der Waals surface area (Å²) in [6.45, 7) is 1.45. The van der Waals surface area contributed by atoms with Gasteiger partial charge >= 0.3 is 12.2 Å². The number of halogens is 3. The van der Waals surface area contributed by atoms with E-state index in [0.29, 0.717) is 23.3 Å². The highest BCUT2D eigenvalue weighted by Crippen LogP contribution is 2.38. The summed E-state index contributed by atoms with van der Waals surface area (Å²) in [5.41, 5.74) is -2.93. The van der Waals surface area contributed by atoms with E-state index in [4.69, 9.17) is 0 Å². The Hall–Kier alpha value is -2.58. The first-order valence-electron chi connectivity index (χ1n) is 7.77. The summed E-state index contributed by atoms with van der Waals surface area (Å²) in [6, 6.07) is 6.08. The second-order valence-corrected chi connectivity index (χ2v) is 6.20. The maximum absolute atomic E-state index is 13.6. The van der Waals surface area contributed by atoms with E-state index in [2.05, 4.69) is 0 Å². The van der Waals surface area contributed by atoms with Crippen molar-refractivity contribution in [3.8, 4) is 0 Å². The van der Waals surface area contributed by atoms with Crippen LogP contribution in [0.2, 0.25) is 0 Å². The minimum absolute atomic E-state index is 0.464. The Labute approximate surface area is 141 Å². The number of rotatable bonds is 4. The van der Waals surface area contributed by atoms with Crippen molar-refractivity contribution in [1.82, 2.24) is 15.5 Å². The lowest BCUT2D eigenvalue weighted by Crippen LogP contribution is -2.69. The van der Waals surface area contributed by atoms with E-state index in [1.165, 1.54) is 6.92 Å². The van der Waals surface area contributed by atoms with Crippen LogP contribution in [0.4, 0.5) is 18.0 Å². The zero-order valence-corrected chi connectivity index (χ0v) is 13.3. The SMILES string of the molecule is CC(c1ccccc1)N1C(=O)NC(NC(=O)C2CC2)(C(F)(F)F)C1=O. The lowest BCUT2D eigenvalue weighted by Gasteiger charge is -2.30. The number of imide groups is 1. The van der Waals surface area contributed by atoms with Crippen molar-refractivity contribution in [2.45, 2.75) is 37.6 Å². The van der Waals surface area contributed by atoms with Gasteiger partial charge < -0.3 is 5.32 Å². The summed E-state index contributed by atoms with van der Waals surface area (Å²) in [7, 11) is 0. The summed E-state index contributed by atoms with van der Waals surface area (Å²) >= 11 is 0. The first-order chi connectivity index (χ1) is 11.7. The number of carbonyl (C=O) groups is 3. The largest absolute Gasteiger partial charge is 0.440 e. The first-order valence-corrected chi connectivity index (χ1v) is 7.77. The number of hydrogen-bond acceptors (Lipinski definition) is 3. The second kappa shape index (κ2) is 5.75. The highest BCUT2D eigenvalue weighted by Gasteiger charge is 2.69. The average Bonchev–Trinajstić information content (AvgIpc) is 3.35. The molecule has 1 aliphatic heterocycles. The zero-order chi connectivity index (χ0) is 18.4. The Kier molecular flexibility index (Phi) is 3.97. The number of benzene rings is 1. The lowest BCUT2D eigenvalue weighted by molar-refractivity contribution is -0.204. The molecule has 2 N–H and O–H groups in total. The van der Waals surface area contributed by atoms with Gasteiger partial charge in [-0.1, -0.05) is 30.3 Å². The molecule has 2 aliphatic rings. The van der Waals surface area contributed by atoms with Crippen molar-refractivity contribution in [1.29, 1.82) is 0 Å². The maximum atomic E-state index is 13.6. The standard InChI is InChI=1S/C16H16F3N3O3/c1-9(10-5-3-2-4-6-10)22-13(24)15(16(17,18)19,21-14(22)25)20-12(23)11-7-8-11/h2-6,9,11H,7-8H2,1H3,(H,20,23)(H,21,25). The molecule has 25 heavy (non-hydrogen) atoms. The molecule has 1 aromatic carbocycles. The second-order valence-electron chi connectivity index (χ2n) is 6.20. The Morgan fingerprint density at radius 3 is 2.40 bits per heavy atom.